The van der Waals surface area contributed by atoms with Crippen LogP contribution in [0.25, 0.3) is 0 Å². The molecule has 1 unspecified atom stereocenters. The maximum absolute atomic E-state index is 15.2. The molecule has 2 aliphatic heterocycles. The van der Waals surface area contributed by atoms with Crippen LogP contribution >= 0.6 is 0 Å². The Bertz CT molecular complexity index is 849. The summed E-state index contributed by atoms with van der Waals surface area (Å²) in [7, 11) is -1.64. The molecule has 28 heavy (non-hydrogen) atoms. The van der Waals surface area contributed by atoms with Crippen molar-refractivity contribution in [2.75, 3.05) is 36.0 Å². The smallest absolute Gasteiger partial charge is 0.195 e. The lowest BCUT2D eigenvalue weighted by molar-refractivity contribution is 0.297. The van der Waals surface area contributed by atoms with Gasteiger partial charge in [0.1, 0.15) is 0 Å². The fraction of sp³-hybridized carbons (Fsp3) is 0.500. The van der Waals surface area contributed by atoms with Crippen molar-refractivity contribution in [3.8, 4) is 0 Å². The lowest BCUT2D eigenvalue weighted by Gasteiger charge is -2.37. The number of aromatic nitrogens is 1. The van der Waals surface area contributed by atoms with E-state index in [9.17, 15) is 0 Å². The Morgan fingerprint density at radius 1 is 1.11 bits per heavy atom. The molecule has 2 fully saturated rings. The van der Waals surface area contributed by atoms with Crippen molar-refractivity contribution in [2.45, 2.75) is 45.0 Å². The molecule has 0 bridgehead atoms. The molecule has 0 saturated carbocycles. The molecule has 3 heterocycles. The van der Waals surface area contributed by atoms with Crippen LogP contribution in [0.2, 0.25) is 17.6 Å². The van der Waals surface area contributed by atoms with Crippen molar-refractivity contribution in [3.63, 3.8) is 0 Å². The number of piperazine rings is 1. The molecule has 1 aromatic carbocycles. The van der Waals surface area contributed by atoms with Crippen molar-refractivity contribution < 1.29 is 8.82 Å². The van der Waals surface area contributed by atoms with Crippen LogP contribution in [0.1, 0.15) is 25.1 Å². The van der Waals surface area contributed by atoms with Crippen molar-refractivity contribution in [3.05, 3.63) is 53.6 Å². The number of halogens is 1. The molecule has 1 aromatic heterocycles. The Morgan fingerprint density at radius 2 is 1.79 bits per heavy atom. The van der Waals surface area contributed by atoms with Gasteiger partial charge >= 0.3 is 0 Å². The first-order valence-electron chi connectivity index (χ1n) is 10.1. The largest absolute Gasteiger partial charge is 0.412 e. The third-order valence-electron chi connectivity index (χ3n) is 6.57. The summed E-state index contributed by atoms with van der Waals surface area (Å²) in [5.74, 6) is -0.121. The average Bonchev–Trinajstić information content (AvgIpc) is 3.19. The minimum atomic E-state index is -1.64. The molecule has 6 heteroatoms. The van der Waals surface area contributed by atoms with Gasteiger partial charge in [-0.05, 0) is 42.8 Å². The molecule has 0 amide bonds. The molecule has 2 saturated heterocycles. The quantitative estimate of drug-likeness (QED) is 0.679. The van der Waals surface area contributed by atoms with Gasteiger partial charge in [0.05, 0.1) is 24.2 Å². The van der Waals surface area contributed by atoms with E-state index >= 15 is 4.39 Å². The Balaban J connectivity index is 1.40. The second kappa shape index (κ2) is 7.15. The van der Waals surface area contributed by atoms with E-state index < -0.39 is 8.32 Å². The van der Waals surface area contributed by atoms with Gasteiger partial charge < -0.3 is 14.2 Å². The monoisotopic (exact) mass is 399 g/mol. The third-order valence-corrected chi connectivity index (χ3v) is 11.5. The minimum absolute atomic E-state index is 0.121. The SMILES string of the molecule is Cc1ccc(N2CCN(c3cccc(CO[Si]4(C)CC4(C)C)c3F)CC2)cn1. The highest BCUT2D eigenvalue weighted by Gasteiger charge is 2.62. The summed E-state index contributed by atoms with van der Waals surface area (Å²) < 4.78 is 21.4. The molecule has 0 spiro atoms. The third kappa shape index (κ3) is 3.67. The highest BCUT2D eigenvalue weighted by atomic mass is 28.4. The summed E-state index contributed by atoms with van der Waals surface area (Å²) in [6.45, 7) is 12.5. The highest BCUT2D eigenvalue weighted by molar-refractivity contribution is 6.86. The maximum Gasteiger partial charge on any atom is 0.195 e. The number of pyridine rings is 1. The zero-order chi connectivity index (χ0) is 19.9. The standard InChI is InChI=1S/C22H30FN3OSi/c1-17-8-9-19(14-24-17)25-10-12-26(13-11-25)20-7-5-6-18(21(20)23)15-27-28(4)16-22(28,2)3/h5-9,14H,10-13,15-16H2,1-4H3. The van der Waals surface area contributed by atoms with Gasteiger partial charge in [-0.3, -0.25) is 4.98 Å². The summed E-state index contributed by atoms with van der Waals surface area (Å²) >= 11 is 0. The van der Waals surface area contributed by atoms with E-state index in [0.717, 1.165) is 43.6 Å². The first-order chi connectivity index (χ1) is 13.3. The second-order valence-electron chi connectivity index (χ2n) is 8.96. The van der Waals surface area contributed by atoms with Crippen LogP contribution in [0.4, 0.5) is 15.8 Å². The van der Waals surface area contributed by atoms with Crippen molar-refractivity contribution in [2.24, 2.45) is 0 Å². The molecule has 0 radical (unpaired) electrons. The molecule has 0 aliphatic carbocycles. The van der Waals surface area contributed by atoms with E-state index in [1.807, 2.05) is 37.4 Å². The van der Waals surface area contributed by atoms with E-state index in [2.05, 4.69) is 41.2 Å². The second-order valence-corrected chi connectivity index (χ2v) is 13.4. The number of benzene rings is 1. The Labute approximate surface area is 168 Å². The van der Waals surface area contributed by atoms with Gasteiger partial charge in [0.15, 0.2) is 14.1 Å². The van der Waals surface area contributed by atoms with Gasteiger partial charge in [0.25, 0.3) is 0 Å². The maximum atomic E-state index is 15.2. The normalized spacial score (nSPS) is 23.8. The summed E-state index contributed by atoms with van der Waals surface area (Å²) in [5, 5.41) is 0.322. The molecule has 0 N–H and O–H groups in total. The van der Waals surface area contributed by atoms with Gasteiger partial charge in [0.2, 0.25) is 0 Å². The molecule has 4 nitrogen and oxygen atoms in total. The van der Waals surface area contributed by atoms with E-state index in [-0.39, 0.29) is 5.82 Å². The van der Waals surface area contributed by atoms with Crippen LogP contribution in [-0.4, -0.2) is 39.5 Å². The van der Waals surface area contributed by atoms with Gasteiger partial charge in [-0.2, -0.15) is 0 Å². The number of hydrogen-bond acceptors (Lipinski definition) is 4. The van der Waals surface area contributed by atoms with Gasteiger partial charge in [0, 0.05) is 37.4 Å². The van der Waals surface area contributed by atoms with Crippen molar-refractivity contribution in [1.29, 1.82) is 0 Å². The van der Waals surface area contributed by atoms with Gasteiger partial charge in [-0.25, -0.2) is 4.39 Å². The number of aryl methyl sites for hydroxylation is 1. The number of nitrogens with zero attached hydrogens (tertiary/aromatic N) is 3. The average molecular weight is 400 g/mol. The molecule has 2 aromatic rings. The predicted octanol–water partition coefficient (Wildman–Crippen LogP) is 4.74. The lowest BCUT2D eigenvalue weighted by Crippen LogP contribution is -2.47. The van der Waals surface area contributed by atoms with E-state index in [1.165, 1.54) is 0 Å². The van der Waals surface area contributed by atoms with Crippen LogP contribution in [-0.2, 0) is 11.0 Å². The molecule has 2 aliphatic rings. The number of hydrogen-bond donors (Lipinski definition) is 0. The molecular weight excluding hydrogens is 369 g/mol. The van der Waals surface area contributed by atoms with Crippen LogP contribution in [0.5, 0.6) is 0 Å². The fourth-order valence-electron chi connectivity index (χ4n) is 4.06. The summed E-state index contributed by atoms with van der Waals surface area (Å²) in [6.07, 6.45) is 1.92. The summed E-state index contributed by atoms with van der Waals surface area (Å²) in [4.78, 5) is 8.85. The summed E-state index contributed by atoms with van der Waals surface area (Å²) in [6, 6.07) is 11.0. The Morgan fingerprint density at radius 3 is 2.39 bits per heavy atom. The lowest BCUT2D eigenvalue weighted by atomic mass is 10.1. The van der Waals surface area contributed by atoms with E-state index in [4.69, 9.17) is 4.43 Å². The van der Waals surface area contributed by atoms with Crippen LogP contribution in [0.15, 0.2) is 36.5 Å². The topological polar surface area (TPSA) is 28.6 Å². The van der Waals surface area contributed by atoms with E-state index in [1.54, 1.807) is 0 Å². The van der Waals surface area contributed by atoms with Crippen LogP contribution < -0.4 is 9.80 Å². The molecule has 1 atom stereocenters. The summed E-state index contributed by atoms with van der Waals surface area (Å²) in [5.41, 5.74) is 3.54. The molecule has 4 rings (SSSR count). The fourth-order valence-corrected chi connectivity index (χ4v) is 7.37. The van der Waals surface area contributed by atoms with Crippen molar-refractivity contribution in [1.82, 2.24) is 4.98 Å². The first-order valence-corrected chi connectivity index (χ1v) is 12.7. The Hall–Kier alpha value is -1.92. The number of anilines is 2. The zero-order valence-corrected chi connectivity index (χ0v) is 18.3. The van der Waals surface area contributed by atoms with E-state index in [0.29, 0.717) is 22.9 Å². The predicted molar refractivity (Wildman–Crippen MR) is 115 cm³/mol. The molecule has 150 valence electrons. The first kappa shape index (κ1) is 19.4. The minimum Gasteiger partial charge on any atom is -0.412 e. The highest BCUT2D eigenvalue weighted by Crippen LogP contribution is 2.62. The van der Waals surface area contributed by atoms with Gasteiger partial charge in [-0.15, -0.1) is 0 Å². The van der Waals surface area contributed by atoms with Crippen molar-refractivity contribution >= 4 is 19.7 Å². The zero-order valence-electron chi connectivity index (χ0n) is 17.3. The number of rotatable bonds is 5. The van der Waals surface area contributed by atoms with Crippen LogP contribution in [0.3, 0.4) is 0 Å². The van der Waals surface area contributed by atoms with Crippen LogP contribution in [0, 0.1) is 12.7 Å². The van der Waals surface area contributed by atoms with Gasteiger partial charge in [-0.1, -0.05) is 26.0 Å². The Kier molecular flexibility index (Phi) is 4.96. The molecular formula is C22H30FN3OSi.